The quantitative estimate of drug-likeness (QED) is 0.741. The van der Waals surface area contributed by atoms with Crippen molar-refractivity contribution in [3.8, 4) is 0 Å². The molecule has 0 aliphatic rings. The number of hydrogen-bond acceptors (Lipinski definition) is 3. The highest BCUT2D eigenvalue weighted by Crippen LogP contribution is 2.10. The molecule has 0 unspecified atom stereocenters. The summed E-state index contributed by atoms with van der Waals surface area (Å²) >= 11 is 0. The molecule has 106 valence electrons. The van der Waals surface area contributed by atoms with Crippen LogP contribution in [-0.4, -0.2) is 24.9 Å². The van der Waals surface area contributed by atoms with E-state index in [0.29, 0.717) is 37.2 Å². The Morgan fingerprint density at radius 1 is 1.21 bits per heavy atom. The summed E-state index contributed by atoms with van der Waals surface area (Å²) in [6.45, 7) is 2.96. The first-order chi connectivity index (χ1) is 8.67. The summed E-state index contributed by atoms with van der Waals surface area (Å²) in [5.74, 6) is -0.176. The van der Waals surface area contributed by atoms with Gasteiger partial charge in [0.05, 0.1) is 0 Å². The first kappa shape index (κ1) is 17.4. The Hall–Kier alpha value is -1.59. The van der Waals surface area contributed by atoms with E-state index in [1.54, 1.807) is 24.3 Å². The molecule has 5 nitrogen and oxygen atoms in total. The van der Waals surface area contributed by atoms with Gasteiger partial charge in [-0.15, -0.1) is 12.4 Å². The van der Waals surface area contributed by atoms with Gasteiger partial charge in [-0.2, -0.15) is 0 Å². The smallest absolute Gasteiger partial charge is 0.251 e. The number of halogens is 1. The maximum Gasteiger partial charge on any atom is 0.251 e. The number of nitrogens with two attached hydrogens (primary N) is 1. The van der Waals surface area contributed by atoms with Gasteiger partial charge in [-0.25, -0.2) is 0 Å². The number of nitrogens with one attached hydrogen (secondary N) is 2. The van der Waals surface area contributed by atoms with E-state index in [2.05, 4.69) is 10.6 Å². The molecule has 1 aromatic rings. The summed E-state index contributed by atoms with van der Waals surface area (Å²) in [6.07, 6.45) is 1.08. The maximum atomic E-state index is 11.5. The second-order valence-corrected chi connectivity index (χ2v) is 3.88. The molecule has 6 heteroatoms. The van der Waals surface area contributed by atoms with Crippen molar-refractivity contribution in [1.82, 2.24) is 5.32 Å². The van der Waals surface area contributed by atoms with Gasteiger partial charge in [0.1, 0.15) is 0 Å². The van der Waals surface area contributed by atoms with E-state index < -0.39 is 0 Å². The van der Waals surface area contributed by atoms with E-state index in [1.807, 2.05) is 6.92 Å². The highest BCUT2D eigenvalue weighted by molar-refractivity contribution is 5.95. The summed E-state index contributed by atoms with van der Waals surface area (Å²) in [5.41, 5.74) is 6.59. The molecule has 0 aromatic heterocycles. The second kappa shape index (κ2) is 9.35. The van der Waals surface area contributed by atoms with Crippen LogP contribution in [-0.2, 0) is 4.79 Å². The molecule has 0 heterocycles. The molecule has 0 saturated carbocycles. The zero-order chi connectivity index (χ0) is 13.4. The van der Waals surface area contributed by atoms with Crippen LogP contribution in [0.4, 0.5) is 5.69 Å². The number of amides is 2. The molecule has 0 atom stereocenters. The van der Waals surface area contributed by atoms with E-state index in [-0.39, 0.29) is 24.2 Å². The molecule has 0 aliphatic heterocycles. The zero-order valence-electron chi connectivity index (χ0n) is 10.9. The van der Waals surface area contributed by atoms with Crippen LogP contribution >= 0.6 is 12.4 Å². The molecule has 0 spiro atoms. The van der Waals surface area contributed by atoms with Crippen LogP contribution in [0.1, 0.15) is 30.1 Å². The first-order valence-corrected chi connectivity index (χ1v) is 6.05. The van der Waals surface area contributed by atoms with Crippen molar-refractivity contribution in [2.45, 2.75) is 19.8 Å². The van der Waals surface area contributed by atoms with Crippen molar-refractivity contribution in [1.29, 1.82) is 0 Å². The minimum Gasteiger partial charge on any atom is -0.352 e. The first-order valence-electron chi connectivity index (χ1n) is 6.05. The number of carbonyl (C=O) groups is 2. The fourth-order valence-corrected chi connectivity index (χ4v) is 1.45. The van der Waals surface area contributed by atoms with E-state index in [0.717, 1.165) is 0 Å². The number of hydrogen-bond donors (Lipinski definition) is 3. The van der Waals surface area contributed by atoms with Gasteiger partial charge in [-0.05, 0) is 44.2 Å². The van der Waals surface area contributed by atoms with Gasteiger partial charge < -0.3 is 16.4 Å². The fourth-order valence-electron chi connectivity index (χ4n) is 1.45. The Kier molecular flexibility index (Phi) is 8.57. The van der Waals surface area contributed by atoms with Gasteiger partial charge in [0, 0.05) is 24.2 Å². The van der Waals surface area contributed by atoms with E-state index in [9.17, 15) is 9.59 Å². The van der Waals surface area contributed by atoms with E-state index in [4.69, 9.17) is 5.73 Å². The van der Waals surface area contributed by atoms with Gasteiger partial charge in [0.2, 0.25) is 5.91 Å². The van der Waals surface area contributed by atoms with Crippen molar-refractivity contribution in [3.05, 3.63) is 29.8 Å². The molecule has 0 saturated heterocycles. The van der Waals surface area contributed by atoms with Crippen LogP contribution in [0.15, 0.2) is 24.3 Å². The molecule has 0 aliphatic carbocycles. The highest BCUT2D eigenvalue weighted by Gasteiger charge is 2.05. The lowest BCUT2D eigenvalue weighted by Crippen LogP contribution is -2.22. The van der Waals surface area contributed by atoms with Crippen LogP contribution in [0, 0.1) is 0 Å². The molecule has 1 aromatic carbocycles. The Morgan fingerprint density at radius 2 is 1.84 bits per heavy atom. The monoisotopic (exact) mass is 285 g/mol. The van der Waals surface area contributed by atoms with Crippen molar-refractivity contribution in [2.75, 3.05) is 18.4 Å². The molecule has 4 N–H and O–H groups in total. The molecule has 2 amide bonds. The minimum absolute atomic E-state index is 0. The third-order valence-electron chi connectivity index (χ3n) is 2.38. The van der Waals surface area contributed by atoms with Crippen molar-refractivity contribution < 1.29 is 9.59 Å². The van der Waals surface area contributed by atoms with Crippen LogP contribution in [0.3, 0.4) is 0 Å². The molecule has 0 fully saturated rings. The molecule has 0 bridgehead atoms. The molecular formula is C13H20ClN3O2. The number of carbonyl (C=O) groups excluding carboxylic acids is 2. The lowest BCUT2D eigenvalue weighted by Gasteiger charge is -2.06. The number of benzene rings is 1. The summed E-state index contributed by atoms with van der Waals surface area (Å²) in [4.78, 5) is 23.0. The van der Waals surface area contributed by atoms with Crippen LogP contribution < -0.4 is 16.4 Å². The zero-order valence-corrected chi connectivity index (χ0v) is 11.8. The van der Waals surface area contributed by atoms with Gasteiger partial charge in [-0.1, -0.05) is 0 Å². The Bertz CT molecular complexity index is 407. The molecule has 0 radical (unpaired) electrons. The Morgan fingerprint density at radius 3 is 2.37 bits per heavy atom. The van der Waals surface area contributed by atoms with E-state index in [1.165, 1.54) is 0 Å². The lowest BCUT2D eigenvalue weighted by atomic mass is 10.2. The summed E-state index contributed by atoms with van der Waals surface area (Å²) in [5, 5.41) is 5.46. The largest absolute Gasteiger partial charge is 0.352 e. The molecule has 19 heavy (non-hydrogen) atoms. The predicted octanol–water partition coefficient (Wildman–Crippen LogP) is 1.54. The molecule has 1 rings (SSSR count). The van der Waals surface area contributed by atoms with Crippen LogP contribution in [0.5, 0.6) is 0 Å². The number of rotatable bonds is 6. The van der Waals surface area contributed by atoms with Gasteiger partial charge in [-0.3, -0.25) is 9.59 Å². The van der Waals surface area contributed by atoms with Crippen molar-refractivity contribution in [3.63, 3.8) is 0 Å². The topological polar surface area (TPSA) is 84.2 Å². The van der Waals surface area contributed by atoms with Crippen LogP contribution in [0.2, 0.25) is 0 Å². The summed E-state index contributed by atoms with van der Waals surface area (Å²) < 4.78 is 0. The predicted molar refractivity (Wildman–Crippen MR) is 78.6 cm³/mol. The van der Waals surface area contributed by atoms with Crippen molar-refractivity contribution >= 4 is 29.9 Å². The van der Waals surface area contributed by atoms with Gasteiger partial charge in [0.15, 0.2) is 0 Å². The maximum absolute atomic E-state index is 11.5. The summed E-state index contributed by atoms with van der Waals surface area (Å²) in [6, 6.07) is 6.79. The Labute approximate surface area is 119 Å². The normalized spacial score (nSPS) is 9.37. The SMILES string of the molecule is CCNC(=O)c1ccc(NC(=O)CCCN)cc1.Cl. The lowest BCUT2D eigenvalue weighted by molar-refractivity contribution is -0.116. The third kappa shape index (κ3) is 6.22. The molecular weight excluding hydrogens is 266 g/mol. The van der Waals surface area contributed by atoms with Crippen molar-refractivity contribution in [2.24, 2.45) is 5.73 Å². The average molecular weight is 286 g/mol. The van der Waals surface area contributed by atoms with Gasteiger partial charge in [0.25, 0.3) is 5.91 Å². The fraction of sp³-hybridized carbons (Fsp3) is 0.385. The van der Waals surface area contributed by atoms with Crippen LogP contribution in [0.25, 0.3) is 0 Å². The minimum atomic E-state index is -0.112. The van der Waals surface area contributed by atoms with Gasteiger partial charge >= 0.3 is 0 Å². The van der Waals surface area contributed by atoms with E-state index >= 15 is 0 Å². The third-order valence-corrected chi connectivity index (χ3v) is 2.38. The standard InChI is InChI=1S/C13H19N3O2.ClH/c1-2-15-13(18)10-5-7-11(8-6-10)16-12(17)4-3-9-14;/h5-8H,2-4,9,14H2,1H3,(H,15,18)(H,16,17);1H. The second-order valence-electron chi connectivity index (χ2n) is 3.88. The highest BCUT2D eigenvalue weighted by atomic mass is 35.5. The average Bonchev–Trinajstić information content (AvgIpc) is 2.37. The Balaban J connectivity index is 0.00000324. The summed E-state index contributed by atoms with van der Waals surface area (Å²) in [7, 11) is 0. The number of anilines is 1.